The van der Waals surface area contributed by atoms with Gasteiger partial charge >= 0.3 is 0 Å². The van der Waals surface area contributed by atoms with Crippen LogP contribution in [-0.2, 0) is 0 Å². The van der Waals surface area contributed by atoms with Crippen molar-refractivity contribution >= 4 is 0 Å². The molecule has 0 saturated heterocycles. The fourth-order valence-electron chi connectivity index (χ4n) is 1.77. The summed E-state index contributed by atoms with van der Waals surface area (Å²) in [4.78, 5) is 0. The Morgan fingerprint density at radius 1 is 1.11 bits per heavy atom. The smallest absolute Gasteiger partial charge is 0.123 e. The van der Waals surface area contributed by atoms with Gasteiger partial charge in [-0.05, 0) is 36.8 Å². The molecule has 0 bridgehead atoms. The summed E-state index contributed by atoms with van der Waals surface area (Å²) >= 11 is 0. The van der Waals surface area contributed by atoms with Crippen molar-refractivity contribution < 1.29 is 4.39 Å². The summed E-state index contributed by atoms with van der Waals surface area (Å²) in [5.41, 5.74) is 1.93. The molecule has 0 spiro atoms. The molecule has 1 atom stereocenters. The Balaban J connectivity index is 1.88. The van der Waals surface area contributed by atoms with Crippen molar-refractivity contribution in [3.63, 3.8) is 0 Å². The normalized spacial score (nSPS) is 11.5. The Morgan fingerprint density at radius 2 is 1.89 bits per heavy atom. The molecule has 0 fully saturated rings. The van der Waals surface area contributed by atoms with Gasteiger partial charge in [-0.1, -0.05) is 42.2 Å². The maximum absolute atomic E-state index is 13.1. The molecule has 0 saturated carbocycles. The SMILES string of the molecule is C[C@@H](NCC#Cc1ccccc1)c1cccc(F)c1. The lowest BCUT2D eigenvalue weighted by Gasteiger charge is -2.11. The minimum absolute atomic E-state index is 0.0840. The first-order valence-corrected chi connectivity index (χ1v) is 6.28. The fraction of sp³-hybridized carbons (Fsp3) is 0.176. The van der Waals surface area contributed by atoms with Crippen LogP contribution in [0.15, 0.2) is 54.6 Å². The van der Waals surface area contributed by atoms with Gasteiger partial charge in [0.1, 0.15) is 5.82 Å². The van der Waals surface area contributed by atoms with Crippen LogP contribution in [0.2, 0.25) is 0 Å². The summed E-state index contributed by atoms with van der Waals surface area (Å²) in [7, 11) is 0. The maximum atomic E-state index is 13.1. The van der Waals surface area contributed by atoms with Gasteiger partial charge in [-0.3, -0.25) is 5.32 Å². The van der Waals surface area contributed by atoms with Gasteiger partial charge in [0.2, 0.25) is 0 Å². The monoisotopic (exact) mass is 253 g/mol. The first-order chi connectivity index (χ1) is 9.25. The van der Waals surface area contributed by atoms with E-state index in [1.807, 2.05) is 43.3 Å². The minimum atomic E-state index is -0.207. The van der Waals surface area contributed by atoms with E-state index in [0.29, 0.717) is 6.54 Å². The highest BCUT2D eigenvalue weighted by atomic mass is 19.1. The zero-order chi connectivity index (χ0) is 13.5. The summed E-state index contributed by atoms with van der Waals surface area (Å²) in [6, 6.07) is 16.6. The molecule has 2 aromatic carbocycles. The number of nitrogens with one attached hydrogen (secondary N) is 1. The second kappa shape index (κ2) is 6.72. The van der Waals surface area contributed by atoms with Crippen LogP contribution in [0.4, 0.5) is 4.39 Å². The van der Waals surface area contributed by atoms with Crippen molar-refractivity contribution in [3.8, 4) is 11.8 Å². The van der Waals surface area contributed by atoms with E-state index in [2.05, 4.69) is 17.2 Å². The lowest BCUT2D eigenvalue weighted by Crippen LogP contribution is -2.18. The van der Waals surface area contributed by atoms with Crippen LogP contribution < -0.4 is 5.32 Å². The van der Waals surface area contributed by atoms with Crippen molar-refractivity contribution in [3.05, 3.63) is 71.5 Å². The summed E-state index contributed by atoms with van der Waals surface area (Å²) < 4.78 is 13.1. The molecule has 0 aliphatic rings. The van der Waals surface area contributed by atoms with Crippen LogP contribution in [0.3, 0.4) is 0 Å². The van der Waals surface area contributed by atoms with Crippen LogP contribution in [0.5, 0.6) is 0 Å². The maximum Gasteiger partial charge on any atom is 0.123 e. The van der Waals surface area contributed by atoms with E-state index >= 15 is 0 Å². The number of halogens is 1. The van der Waals surface area contributed by atoms with Crippen molar-refractivity contribution in [2.45, 2.75) is 13.0 Å². The van der Waals surface area contributed by atoms with E-state index in [9.17, 15) is 4.39 Å². The number of hydrogen-bond donors (Lipinski definition) is 1. The summed E-state index contributed by atoms with van der Waals surface area (Å²) in [5.74, 6) is 5.93. The van der Waals surface area contributed by atoms with E-state index in [-0.39, 0.29) is 11.9 Å². The molecule has 0 aliphatic heterocycles. The highest BCUT2D eigenvalue weighted by Crippen LogP contribution is 2.12. The Hall–Kier alpha value is -2.11. The molecule has 96 valence electrons. The number of benzene rings is 2. The van der Waals surface area contributed by atoms with Gasteiger partial charge < -0.3 is 0 Å². The van der Waals surface area contributed by atoms with Crippen molar-refractivity contribution in [2.75, 3.05) is 6.54 Å². The molecule has 0 radical (unpaired) electrons. The molecule has 1 N–H and O–H groups in total. The van der Waals surface area contributed by atoms with Gasteiger partial charge in [-0.15, -0.1) is 0 Å². The molecule has 0 aliphatic carbocycles. The van der Waals surface area contributed by atoms with E-state index in [4.69, 9.17) is 0 Å². The molecular formula is C17H16FN. The predicted octanol–water partition coefficient (Wildman–Crippen LogP) is 3.53. The molecule has 1 nitrogen and oxygen atoms in total. The highest BCUT2D eigenvalue weighted by molar-refractivity contribution is 5.33. The second-order valence-electron chi connectivity index (χ2n) is 4.33. The lowest BCUT2D eigenvalue weighted by molar-refractivity contribution is 0.598. The molecule has 0 aromatic heterocycles. The third-order valence-electron chi connectivity index (χ3n) is 2.85. The zero-order valence-corrected chi connectivity index (χ0v) is 10.9. The average molecular weight is 253 g/mol. The quantitative estimate of drug-likeness (QED) is 0.825. The second-order valence-corrected chi connectivity index (χ2v) is 4.33. The zero-order valence-electron chi connectivity index (χ0n) is 10.9. The topological polar surface area (TPSA) is 12.0 Å². The van der Waals surface area contributed by atoms with Crippen molar-refractivity contribution in [1.82, 2.24) is 5.32 Å². The Labute approximate surface area is 113 Å². The Kier molecular flexibility index (Phi) is 4.72. The van der Waals surface area contributed by atoms with Gasteiger partial charge in [0.15, 0.2) is 0 Å². The average Bonchev–Trinajstić information content (AvgIpc) is 2.44. The molecular weight excluding hydrogens is 237 g/mol. The van der Waals surface area contributed by atoms with Crippen LogP contribution in [-0.4, -0.2) is 6.54 Å². The van der Waals surface area contributed by atoms with E-state index in [0.717, 1.165) is 11.1 Å². The summed E-state index contributed by atoms with van der Waals surface area (Å²) in [6.45, 7) is 2.57. The number of hydrogen-bond acceptors (Lipinski definition) is 1. The van der Waals surface area contributed by atoms with E-state index in [1.54, 1.807) is 12.1 Å². The third-order valence-corrected chi connectivity index (χ3v) is 2.85. The highest BCUT2D eigenvalue weighted by Gasteiger charge is 2.03. The minimum Gasteiger partial charge on any atom is -0.300 e. The standard InChI is InChI=1S/C17H16FN/c1-14(16-10-5-11-17(18)13-16)19-12-6-9-15-7-3-2-4-8-15/h2-5,7-8,10-11,13-14,19H,12H2,1H3/t14-/m1/s1. The number of rotatable bonds is 3. The van der Waals surface area contributed by atoms with Crippen molar-refractivity contribution in [1.29, 1.82) is 0 Å². The van der Waals surface area contributed by atoms with Gasteiger partial charge in [0.05, 0.1) is 6.54 Å². The third kappa shape index (κ3) is 4.24. The molecule has 0 unspecified atom stereocenters. The largest absolute Gasteiger partial charge is 0.300 e. The fourth-order valence-corrected chi connectivity index (χ4v) is 1.77. The molecule has 0 amide bonds. The molecule has 2 aromatic rings. The Morgan fingerprint density at radius 3 is 2.63 bits per heavy atom. The lowest BCUT2D eigenvalue weighted by atomic mass is 10.1. The van der Waals surface area contributed by atoms with E-state index in [1.165, 1.54) is 6.07 Å². The van der Waals surface area contributed by atoms with Crippen molar-refractivity contribution in [2.24, 2.45) is 0 Å². The van der Waals surface area contributed by atoms with Crippen LogP contribution in [0.25, 0.3) is 0 Å². The molecule has 0 heterocycles. The molecule has 19 heavy (non-hydrogen) atoms. The summed E-state index contributed by atoms with van der Waals surface area (Å²) in [5, 5.41) is 3.26. The Bertz CT molecular complexity index is 581. The summed E-state index contributed by atoms with van der Waals surface area (Å²) in [6.07, 6.45) is 0. The van der Waals surface area contributed by atoms with Gasteiger partial charge in [-0.2, -0.15) is 0 Å². The van der Waals surface area contributed by atoms with Gasteiger partial charge in [0.25, 0.3) is 0 Å². The molecule has 2 heteroatoms. The van der Waals surface area contributed by atoms with Gasteiger partial charge in [0, 0.05) is 11.6 Å². The van der Waals surface area contributed by atoms with E-state index < -0.39 is 0 Å². The van der Waals surface area contributed by atoms with Crippen LogP contribution in [0.1, 0.15) is 24.1 Å². The molecule has 2 rings (SSSR count). The van der Waals surface area contributed by atoms with Gasteiger partial charge in [-0.25, -0.2) is 4.39 Å². The van der Waals surface area contributed by atoms with Crippen LogP contribution in [0, 0.1) is 17.7 Å². The van der Waals surface area contributed by atoms with Crippen LogP contribution >= 0.6 is 0 Å². The first kappa shape index (κ1) is 13.3. The first-order valence-electron chi connectivity index (χ1n) is 6.28. The predicted molar refractivity (Wildman–Crippen MR) is 76.1 cm³/mol.